The van der Waals surface area contributed by atoms with Crippen molar-refractivity contribution < 1.29 is 19.4 Å². The zero-order chi connectivity index (χ0) is 18.3. The Labute approximate surface area is 149 Å². The molecule has 0 aliphatic heterocycles. The lowest BCUT2D eigenvalue weighted by molar-refractivity contribution is -0.145. The Hall–Kier alpha value is -1.88. The van der Waals surface area contributed by atoms with Crippen LogP contribution in [0.15, 0.2) is 30.3 Å². The number of benzene rings is 1. The predicted octanol–water partition coefficient (Wildman–Crippen LogP) is 3.27. The molecule has 2 rings (SSSR count). The van der Waals surface area contributed by atoms with Gasteiger partial charge >= 0.3 is 5.97 Å². The first kappa shape index (κ1) is 19.4. The molecule has 1 amide bonds. The van der Waals surface area contributed by atoms with Crippen molar-refractivity contribution in [2.24, 2.45) is 0 Å². The van der Waals surface area contributed by atoms with Crippen LogP contribution in [0, 0.1) is 0 Å². The van der Waals surface area contributed by atoms with E-state index in [0.717, 1.165) is 25.7 Å². The third-order valence-corrected chi connectivity index (χ3v) is 5.23. The number of carbonyl (C=O) groups is 2. The number of rotatable bonds is 9. The maximum absolute atomic E-state index is 12.5. The third kappa shape index (κ3) is 4.60. The lowest BCUT2D eigenvalue weighted by Gasteiger charge is -2.30. The molecule has 138 valence electrons. The van der Waals surface area contributed by atoms with E-state index in [-0.39, 0.29) is 18.6 Å². The van der Waals surface area contributed by atoms with Crippen LogP contribution in [-0.2, 0) is 19.7 Å². The molecule has 5 nitrogen and oxygen atoms in total. The van der Waals surface area contributed by atoms with Crippen LogP contribution in [0.5, 0.6) is 0 Å². The third-order valence-electron chi connectivity index (χ3n) is 5.23. The van der Waals surface area contributed by atoms with E-state index in [1.54, 1.807) is 12.1 Å². The number of hydrogen-bond donors (Lipinski definition) is 2. The minimum absolute atomic E-state index is 0.0617. The molecule has 0 radical (unpaired) electrons. The van der Waals surface area contributed by atoms with Crippen LogP contribution in [-0.4, -0.2) is 35.7 Å². The number of carbonyl (C=O) groups excluding carboxylic acids is 1. The standard InChI is InChI=1S/C20H29NO4/c1-3-17(25-16-12-8-9-13-16)18(22)21-14-20(4-2,19(23)24)15-10-6-5-7-11-15/h5-7,10-11,16-17H,3-4,8-9,12-14H2,1-2H3,(H,21,22)(H,23,24). The van der Waals surface area contributed by atoms with Crippen molar-refractivity contribution in [1.29, 1.82) is 0 Å². The zero-order valence-corrected chi connectivity index (χ0v) is 15.2. The Morgan fingerprint density at radius 3 is 2.40 bits per heavy atom. The molecule has 25 heavy (non-hydrogen) atoms. The van der Waals surface area contributed by atoms with E-state index < -0.39 is 17.5 Å². The lowest BCUT2D eigenvalue weighted by atomic mass is 9.78. The largest absolute Gasteiger partial charge is 0.481 e. The molecule has 0 bridgehead atoms. The van der Waals surface area contributed by atoms with Gasteiger partial charge in [0.05, 0.1) is 6.10 Å². The average Bonchev–Trinajstić information content (AvgIpc) is 3.14. The van der Waals surface area contributed by atoms with Crippen molar-refractivity contribution in [3.8, 4) is 0 Å². The fraction of sp³-hybridized carbons (Fsp3) is 0.600. The summed E-state index contributed by atoms with van der Waals surface area (Å²) in [6, 6.07) is 9.10. The van der Waals surface area contributed by atoms with Gasteiger partial charge in [-0.05, 0) is 31.2 Å². The molecule has 1 aromatic rings. The second kappa shape index (κ2) is 8.99. The van der Waals surface area contributed by atoms with E-state index in [0.29, 0.717) is 18.4 Å². The summed E-state index contributed by atoms with van der Waals surface area (Å²) in [7, 11) is 0. The first-order chi connectivity index (χ1) is 12.0. The minimum Gasteiger partial charge on any atom is -0.481 e. The van der Waals surface area contributed by atoms with Gasteiger partial charge in [-0.25, -0.2) is 0 Å². The number of ether oxygens (including phenoxy) is 1. The summed E-state index contributed by atoms with van der Waals surface area (Å²) < 4.78 is 5.93. The summed E-state index contributed by atoms with van der Waals surface area (Å²) >= 11 is 0. The minimum atomic E-state index is -1.12. The average molecular weight is 347 g/mol. The fourth-order valence-electron chi connectivity index (χ4n) is 3.49. The Kier molecular flexibility index (Phi) is 7.00. The fourth-order valence-corrected chi connectivity index (χ4v) is 3.49. The number of nitrogens with one attached hydrogen (secondary N) is 1. The molecule has 1 aromatic carbocycles. The summed E-state index contributed by atoms with van der Waals surface area (Å²) in [6.45, 7) is 3.81. The topological polar surface area (TPSA) is 75.6 Å². The molecule has 5 heteroatoms. The number of amides is 1. The molecule has 0 saturated heterocycles. The summed E-state index contributed by atoms with van der Waals surface area (Å²) in [5, 5.41) is 12.7. The second-order valence-electron chi connectivity index (χ2n) is 6.76. The molecule has 1 saturated carbocycles. The van der Waals surface area contributed by atoms with Gasteiger partial charge in [0.1, 0.15) is 11.5 Å². The molecule has 0 aromatic heterocycles. The molecule has 1 aliphatic rings. The Balaban J connectivity index is 2.06. The molecule has 0 spiro atoms. The SMILES string of the molecule is CCC(OC1CCCC1)C(=O)NCC(CC)(C(=O)O)c1ccccc1. The van der Waals surface area contributed by atoms with Gasteiger partial charge in [-0.1, -0.05) is 57.0 Å². The number of hydrogen-bond acceptors (Lipinski definition) is 3. The van der Waals surface area contributed by atoms with E-state index in [1.165, 1.54) is 0 Å². The second-order valence-corrected chi connectivity index (χ2v) is 6.76. The van der Waals surface area contributed by atoms with E-state index >= 15 is 0 Å². The van der Waals surface area contributed by atoms with Crippen LogP contribution >= 0.6 is 0 Å². The summed E-state index contributed by atoms with van der Waals surface area (Å²) in [5.74, 6) is -1.14. The van der Waals surface area contributed by atoms with E-state index in [2.05, 4.69) is 5.32 Å². The maximum Gasteiger partial charge on any atom is 0.315 e. The Morgan fingerprint density at radius 2 is 1.88 bits per heavy atom. The highest BCUT2D eigenvalue weighted by Crippen LogP contribution is 2.28. The van der Waals surface area contributed by atoms with Crippen LogP contribution in [0.4, 0.5) is 0 Å². The van der Waals surface area contributed by atoms with Crippen molar-refractivity contribution in [3.63, 3.8) is 0 Å². The monoisotopic (exact) mass is 347 g/mol. The molecular weight excluding hydrogens is 318 g/mol. The van der Waals surface area contributed by atoms with Crippen LogP contribution in [0.1, 0.15) is 57.9 Å². The van der Waals surface area contributed by atoms with E-state index in [9.17, 15) is 14.7 Å². The van der Waals surface area contributed by atoms with Crippen LogP contribution < -0.4 is 5.32 Å². The number of carboxylic acids is 1. The summed E-state index contributed by atoms with van der Waals surface area (Å²) in [5.41, 5.74) is -0.419. The first-order valence-corrected chi connectivity index (χ1v) is 9.25. The summed E-state index contributed by atoms with van der Waals surface area (Å²) in [6.07, 6.45) is 4.92. The highest BCUT2D eigenvalue weighted by atomic mass is 16.5. The normalized spacial score (nSPS) is 18.5. The Bertz CT molecular complexity index is 568. The van der Waals surface area contributed by atoms with Gasteiger partial charge in [-0.15, -0.1) is 0 Å². The van der Waals surface area contributed by atoms with Gasteiger partial charge in [-0.2, -0.15) is 0 Å². The molecule has 1 aliphatic carbocycles. The molecule has 0 heterocycles. The van der Waals surface area contributed by atoms with Crippen molar-refractivity contribution in [2.45, 2.75) is 70.0 Å². The molecule has 2 N–H and O–H groups in total. The highest BCUT2D eigenvalue weighted by Gasteiger charge is 2.39. The van der Waals surface area contributed by atoms with Crippen LogP contribution in [0.3, 0.4) is 0 Å². The predicted molar refractivity (Wildman–Crippen MR) is 96.5 cm³/mol. The van der Waals surface area contributed by atoms with E-state index in [1.807, 2.05) is 32.0 Å². The Morgan fingerprint density at radius 1 is 1.24 bits per heavy atom. The van der Waals surface area contributed by atoms with Gasteiger partial charge in [0, 0.05) is 6.54 Å². The van der Waals surface area contributed by atoms with Gasteiger partial charge < -0.3 is 15.2 Å². The zero-order valence-electron chi connectivity index (χ0n) is 15.2. The lowest BCUT2D eigenvalue weighted by Crippen LogP contribution is -2.49. The summed E-state index contributed by atoms with van der Waals surface area (Å²) in [4.78, 5) is 24.6. The van der Waals surface area contributed by atoms with Gasteiger partial charge in [-0.3, -0.25) is 9.59 Å². The maximum atomic E-state index is 12.5. The first-order valence-electron chi connectivity index (χ1n) is 9.25. The van der Waals surface area contributed by atoms with Crippen molar-refractivity contribution in [3.05, 3.63) is 35.9 Å². The van der Waals surface area contributed by atoms with Crippen molar-refractivity contribution in [2.75, 3.05) is 6.54 Å². The molecular formula is C20H29NO4. The number of carboxylic acid groups (broad SMARTS) is 1. The van der Waals surface area contributed by atoms with Gasteiger partial charge in [0.15, 0.2) is 0 Å². The molecule has 1 fully saturated rings. The number of aliphatic carboxylic acids is 1. The van der Waals surface area contributed by atoms with Crippen LogP contribution in [0.25, 0.3) is 0 Å². The van der Waals surface area contributed by atoms with Crippen molar-refractivity contribution >= 4 is 11.9 Å². The molecule has 2 atom stereocenters. The highest BCUT2D eigenvalue weighted by molar-refractivity contribution is 5.85. The van der Waals surface area contributed by atoms with Gasteiger partial charge in [0.25, 0.3) is 0 Å². The van der Waals surface area contributed by atoms with Crippen LogP contribution in [0.2, 0.25) is 0 Å². The van der Waals surface area contributed by atoms with Crippen molar-refractivity contribution in [1.82, 2.24) is 5.32 Å². The van der Waals surface area contributed by atoms with E-state index in [4.69, 9.17) is 4.74 Å². The quantitative estimate of drug-likeness (QED) is 0.719. The van der Waals surface area contributed by atoms with Gasteiger partial charge in [0.2, 0.25) is 5.91 Å². The smallest absolute Gasteiger partial charge is 0.315 e. The molecule has 2 unspecified atom stereocenters.